The lowest BCUT2D eigenvalue weighted by Gasteiger charge is -2.24. The van der Waals surface area contributed by atoms with E-state index in [2.05, 4.69) is 90.1 Å². The van der Waals surface area contributed by atoms with Crippen molar-refractivity contribution in [3.8, 4) is 0 Å². The van der Waals surface area contributed by atoms with Crippen LogP contribution in [0.25, 0.3) is 0 Å². The van der Waals surface area contributed by atoms with Crippen LogP contribution in [0.3, 0.4) is 0 Å². The molecule has 4 heteroatoms. The highest BCUT2D eigenvalue weighted by atomic mass is 16.5. The smallest absolute Gasteiger partial charge is 0.199 e. The molecule has 2 aliphatic rings. The molecule has 0 bridgehead atoms. The molecule has 0 amide bonds. The molecule has 152 valence electrons. The van der Waals surface area contributed by atoms with Crippen LogP contribution in [0.2, 0.25) is 0 Å². The van der Waals surface area contributed by atoms with Gasteiger partial charge in [0.25, 0.3) is 0 Å². The van der Waals surface area contributed by atoms with Crippen LogP contribution in [-0.4, -0.2) is 24.0 Å². The number of ether oxygens (including phenoxy) is 2. The summed E-state index contributed by atoms with van der Waals surface area (Å²) in [6.45, 7) is 12.5. The van der Waals surface area contributed by atoms with E-state index in [1.54, 1.807) is 0 Å². The maximum absolute atomic E-state index is 6.22. The Kier molecular flexibility index (Phi) is 4.97. The standard InChI is InChI=1S/C25H30N2O2/c1-15-7-11-19(12-8-15)21-17(3)28-23(26-21)25(5,6)24-27-22(18(4)29-24)20-13-9-16(2)10-14-20/h7-14,17-18,21-22H,1-6H3/t17-,18-,21-,22-/m0/s1. The van der Waals surface area contributed by atoms with Crippen LogP contribution in [0.15, 0.2) is 58.5 Å². The molecule has 0 N–H and O–H groups in total. The van der Waals surface area contributed by atoms with Crippen molar-refractivity contribution in [2.45, 2.75) is 65.8 Å². The number of benzene rings is 2. The van der Waals surface area contributed by atoms with Crippen LogP contribution in [0, 0.1) is 19.3 Å². The fraction of sp³-hybridized carbons (Fsp3) is 0.440. The quantitative estimate of drug-likeness (QED) is 0.667. The molecule has 4 atom stereocenters. The molecule has 0 spiro atoms. The van der Waals surface area contributed by atoms with Crippen LogP contribution < -0.4 is 0 Å². The molecule has 0 radical (unpaired) electrons. The summed E-state index contributed by atoms with van der Waals surface area (Å²) >= 11 is 0. The summed E-state index contributed by atoms with van der Waals surface area (Å²) in [5.41, 5.74) is 4.33. The number of nitrogens with zero attached hydrogens (tertiary/aromatic N) is 2. The van der Waals surface area contributed by atoms with Gasteiger partial charge in [0.2, 0.25) is 0 Å². The molecular weight excluding hydrogens is 360 g/mol. The van der Waals surface area contributed by atoms with Gasteiger partial charge in [-0.05, 0) is 52.7 Å². The van der Waals surface area contributed by atoms with Gasteiger partial charge in [-0.15, -0.1) is 0 Å². The molecule has 0 saturated carbocycles. The van der Waals surface area contributed by atoms with Crippen LogP contribution in [0.5, 0.6) is 0 Å². The Morgan fingerprint density at radius 3 is 1.34 bits per heavy atom. The summed E-state index contributed by atoms with van der Waals surface area (Å²) in [7, 11) is 0. The predicted octanol–water partition coefficient (Wildman–Crippen LogP) is 5.75. The van der Waals surface area contributed by atoms with E-state index >= 15 is 0 Å². The minimum absolute atomic E-state index is 0.00260. The van der Waals surface area contributed by atoms with Gasteiger partial charge in [-0.3, -0.25) is 0 Å². The largest absolute Gasteiger partial charge is 0.475 e. The maximum Gasteiger partial charge on any atom is 0.199 e. The normalized spacial score (nSPS) is 26.6. The number of hydrogen-bond acceptors (Lipinski definition) is 4. The lowest BCUT2D eigenvalue weighted by molar-refractivity contribution is 0.177. The molecule has 2 heterocycles. The minimum atomic E-state index is -0.512. The second-order valence-electron chi connectivity index (χ2n) is 8.85. The first-order valence-corrected chi connectivity index (χ1v) is 10.4. The van der Waals surface area contributed by atoms with E-state index in [1.165, 1.54) is 22.3 Å². The molecule has 2 aromatic rings. The molecule has 29 heavy (non-hydrogen) atoms. The zero-order valence-corrected chi connectivity index (χ0v) is 18.1. The Hall–Kier alpha value is -2.62. The van der Waals surface area contributed by atoms with Crippen molar-refractivity contribution in [2.75, 3.05) is 0 Å². The second kappa shape index (κ2) is 7.33. The van der Waals surface area contributed by atoms with E-state index < -0.39 is 5.41 Å². The van der Waals surface area contributed by atoms with Gasteiger partial charge in [0.05, 0.1) is 0 Å². The van der Waals surface area contributed by atoms with Crippen molar-refractivity contribution >= 4 is 11.8 Å². The summed E-state index contributed by atoms with van der Waals surface area (Å²) in [5, 5.41) is 0. The van der Waals surface area contributed by atoms with Gasteiger partial charge in [0.15, 0.2) is 11.8 Å². The Bertz CT molecular complexity index is 864. The zero-order valence-electron chi connectivity index (χ0n) is 18.1. The molecular formula is C25H30N2O2. The molecule has 4 rings (SSSR count). The first-order valence-electron chi connectivity index (χ1n) is 10.4. The van der Waals surface area contributed by atoms with Crippen LogP contribution in [0.1, 0.15) is 62.0 Å². The van der Waals surface area contributed by atoms with E-state index in [4.69, 9.17) is 19.5 Å². The third-order valence-electron chi connectivity index (χ3n) is 5.90. The maximum atomic E-state index is 6.22. The topological polar surface area (TPSA) is 43.2 Å². The molecule has 4 nitrogen and oxygen atoms in total. The fourth-order valence-corrected chi connectivity index (χ4v) is 3.93. The fourth-order valence-electron chi connectivity index (χ4n) is 3.93. The van der Waals surface area contributed by atoms with Gasteiger partial charge in [0, 0.05) is 0 Å². The third kappa shape index (κ3) is 3.68. The lowest BCUT2D eigenvalue weighted by Crippen LogP contribution is -2.35. The molecule has 0 aromatic heterocycles. The first-order chi connectivity index (χ1) is 13.8. The predicted molar refractivity (Wildman–Crippen MR) is 118 cm³/mol. The molecule has 0 unspecified atom stereocenters. The zero-order chi connectivity index (χ0) is 20.8. The van der Waals surface area contributed by atoms with Crippen LogP contribution >= 0.6 is 0 Å². The van der Waals surface area contributed by atoms with Crippen molar-refractivity contribution in [1.82, 2.24) is 0 Å². The highest BCUT2D eigenvalue weighted by Gasteiger charge is 2.45. The Morgan fingerprint density at radius 2 is 1.00 bits per heavy atom. The number of aryl methyl sites for hydroxylation is 2. The highest BCUT2D eigenvalue weighted by Crippen LogP contribution is 2.39. The molecule has 0 aliphatic carbocycles. The van der Waals surface area contributed by atoms with Crippen LogP contribution in [-0.2, 0) is 9.47 Å². The first kappa shape index (κ1) is 19.7. The van der Waals surface area contributed by atoms with Crippen molar-refractivity contribution in [1.29, 1.82) is 0 Å². The summed E-state index contributed by atoms with van der Waals surface area (Å²) < 4.78 is 12.4. The van der Waals surface area contributed by atoms with Crippen molar-refractivity contribution in [2.24, 2.45) is 15.4 Å². The average molecular weight is 391 g/mol. The van der Waals surface area contributed by atoms with Gasteiger partial charge >= 0.3 is 0 Å². The molecule has 0 saturated heterocycles. The van der Waals surface area contributed by atoms with Crippen molar-refractivity contribution in [3.63, 3.8) is 0 Å². The Morgan fingerprint density at radius 1 is 0.655 bits per heavy atom. The monoisotopic (exact) mass is 390 g/mol. The molecule has 2 aliphatic heterocycles. The highest BCUT2D eigenvalue weighted by molar-refractivity contribution is 6.05. The van der Waals surface area contributed by atoms with Gasteiger partial charge in [-0.1, -0.05) is 59.7 Å². The molecule has 2 aromatic carbocycles. The van der Waals surface area contributed by atoms with E-state index in [0.29, 0.717) is 11.8 Å². The summed E-state index contributed by atoms with van der Waals surface area (Å²) in [5.74, 6) is 1.40. The van der Waals surface area contributed by atoms with Crippen LogP contribution in [0.4, 0.5) is 0 Å². The van der Waals surface area contributed by atoms with E-state index in [1.807, 2.05) is 0 Å². The Labute approximate surface area is 173 Å². The van der Waals surface area contributed by atoms with Crippen molar-refractivity contribution < 1.29 is 9.47 Å². The van der Waals surface area contributed by atoms with E-state index in [0.717, 1.165) is 0 Å². The van der Waals surface area contributed by atoms with Gasteiger partial charge in [-0.25, -0.2) is 9.98 Å². The van der Waals surface area contributed by atoms with E-state index in [-0.39, 0.29) is 24.3 Å². The summed E-state index contributed by atoms with van der Waals surface area (Å²) in [6.07, 6.45) is -0.0291. The number of rotatable bonds is 4. The number of hydrogen-bond donors (Lipinski definition) is 0. The summed E-state index contributed by atoms with van der Waals surface area (Å²) in [6, 6.07) is 17.0. The lowest BCUT2D eigenvalue weighted by atomic mass is 9.93. The van der Waals surface area contributed by atoms with Crippen molar-refractivity contribution in [3.05, 3.63) is 70.8 Å². The van der Waals surface area contributed by atoms with Gasteiger partial charge < -0.3 is 9.47 Å². The Balaban J connectivity index is 1.60. The minimum Gasteiger partial charge on any atom is -0.475 e. The SMILES string of the molecule is Cc1ccc([C@H]2N=C(C(C)(C)C3=N[C@H](c4ccc(C)cc4)[C@H](C)O3)O[C@H]2C)cc1. The third-order valence-corrected chi connectivity index (χ3v) is 5.90. The average Bonchev–Trinajstić information content (AvgIpc) is 3.27. The molecule has 0 fully saturated rings. The second-order valence-corrected chi connectivity index (χ2v) is 8.85. The van der Waals surface area contributed by atoms with Gasteiger partial charge in [-0.2, -0.15) is 0 Å². The number of aliphatic imine (C=N–C) groups is 2. The van der Waals surface area contributed by atoms with Gasteiger partial charge in [0.1, 0.15) is 29.7 Å². The van der Waals surface area contributed by atoms with E-state index in [9.17, 15) is 0 Å². The summed E-state index contributed by atoms with van der Waals surface area (Å²) in [4.78, 5) is 9.91.